The van der Waals surface area contributed by atoms with Crippen LogP contribution < -0.4 is 10.6 Å². The first-order valence-corrected chi connectivity index (χ1v) is 8.13. The third kappa shape index (κ3) is 6.42. The maximum atomic E-state index is 12.5. The van der Waals surface area contributed by atoms with Gasteiger partial charge in [0.05, 0.1) is 5.56 Å². The van der Waals surface area contributed by atoms with Crippen molar-refractivity contribution in [3.8, 4) is 0 Å². The molecular weight excluding hydrogens is 377 g/mol. The Labute approximate surface area is 158 Å². The molecule has 0 aromatic heterocycles. The molecule has 0 atom stereocenters. The lowest BCUT2D eigenvalue weighted by molar-refractivity contribution is -0.146. The molecule has 0 unspecified atom stereocenters. The SMILES string of the molecule is Cc1ccc(C(=O)NCC(=O)OCC(=O)Nc2ccc(C(F)(F)F)cc2)cc1. The van der Waals surface area contributed by atoms with Crippen molar-refractivity contribution < 1.29 is 32.3 Å². The molecular formula is C19H17F3N2O4. The molecule has 2 aromatic rings. The summed E-state index contributed by atoms with van der Waals surface area (Å²) in [4.78, 5) is 35.2. The van der Waals surface area contributed by atoms with Gasteiger partial charge in [-0.3, -0.25) is 14.4 Å². The number of anilines is 1. The number of nitrogens with one attached hydrogen (secondary N) is 2. The number of hydrogen-bond acceptors (Lipinski definition) is 4. The zero-order chi connectivity index (χ0) is 20.7. The highest BCUT2D eigenvalue weighted by Gasteiger charge is 2.30. The fourth-order valence-electron chi connectivity index (χ4n) is 2.10. The monoisotopic (exact) mass is 394 g/mol. The molecule has 2 N–H and O–H groups in total. The first kappa shape index (κ1) is 20.9. The normalized spacial score (nSPS) is 10.9. The molecule has 0 aliphatic heterocycles. The second kappa shape index (κ2) is 9.03. The number of benzene rings is 2. The number of amides is 2. The Morgan fingerprint density at radius 3 is 2.14 bits per heavy atom. The van der Waals surface area contributed by atoms with E-state index < -0.39 is 42.7 Å². The van der Waals surface area contributed by atoms with Gasteiger partial charge in [-0.05, 0) is 43.3 Å². The van der Waals surface area contributed by atoms with Crippen LogP contribution in [0.15, 0.2) is 48.5 Å². The van der Waals surface area contributed by atoms with Crippen molar-refractivity contribution >= 4 is 23.5 Å². The van der Waals surface area contributed by atoms with E-state index in [1.165, 1.54) is 0 Å². The van der Waals surface area contributed by atoms with Crippen molar-refractivity contribution in [2.45, 2.75) is 13.1 Å². The Hall–Kier alpha value is -3.36. The number of halogens is 3. The number of alkyl halides is 3. The molecule has 0 aliphatic rings. The number of rotatable bonds is 6. The van der Waals surface area contributed by atoms with Gasteiger partial charge in [-0.2, -0.15) is 13.2 Å². The molecule has 0 radical (unpaired) electrons. The first-order valence-electron chi connectivity index (χ1n) is 8.13. The molecule has 9 heteroatoms. The first-order chi connectivity index (χ1) is 13.1. The topological polar surface area (TPSA) is 84.5 Å². The highest BCUT2D eigenvalue weighted by atomic mass is 19.4. The molecule has 0 fully saturated rings. The van der Waals surface area contributed by atoms with Gasteiger partial charge in [0.25, 0.3) is 11.8 Å². The van der Waals surface area contributed by atoms with E-state index >= 15 is 0 Å². The van der Waals surface area contributed by atoms with Crippen LogP contribution in [0.2, 0.25) is 0 Å². The number of ether oxygens (including phenoxy) is 1. The minimum absolute atomic E-state index is 0.127. The van der Waals surface area contributed by atoms with Gasteiger partial charge in [0.1, 0.15) is 6.54 Å². The Bertz CT molecular complexity index is 847. The summed E-state index contributed by atoms with van der Waals surface area (Å²) in [7, 11) is 0. The van der Waals surface area contributed by atoms with Crippen LogP contribution in [0.1, 0.15) is 21.5 Å². The van der Waals surface area contributed by atoms with Crippen molar-refractivity contribution in [3.63, 3.8) is 0 Å². The number of carbonyl (C=O) groups is 3. The van der Waals surface area contributed by atoms with Crippen molar-refractivity contribution in [2.24, 2.45) is 0 Å². The quantitative estimate of drug-likeness (QED) is 0.738. The third-order valence-corrected chi connectivity index (χ3v) is 3.57. The van der Waals surface area contributed by atoms with Crippen LogP contribution in [0.5, 0.6) is 0 Å². The molecule has 2 rings (SSSR count). The Kier molecular flexibility index (Phi) is 6.75. The summed E-state index contributed by atoms with van der Waals surface area (Å²) >= 11 is 0. The van der Waals surface area contributed by atoms with Crippen molar-refractivity contribution in [2.75, 3.05) is 18.5 Å². The zero-order valence-corrected chi connectivity index (χ0v) is 14.8. The molecule has 6 nitrogen and oxygen atoms in total. The summed E-state index contributed by atoms with van der Waals surface area (Å²) in [5, 5.41) is 4.66. The standard InChI is InChI=1S/C19H17F3N2O4/c1-12-2-4-13(5-3-12)18(27)23-10-17(26)28-11-16(25)24-15-8-6-14(7-9-15)19(20,21)22/h2-9H,10-11H2,1H3,(H,23,27)(H,24,25). The number of carbonyl (C=O) groups excluding carboxylic acids is 3. The average molecular weight is 394 g/mol. The minimum atomic E-state index is -4.47. The van der Waals surface area contributed by atoms with E-state index in [9.17, 15) is 27.6 Å². The summed E-state index contributed by atoms with van der Waals surface area (Å²) in [5.41, 5.74) is 0.636. The van der Waals surface area contributed by atoms with Gasteiger partial charge < -0.3 is 15.4 Å². The summed E-state index contributed by atoms with van der Waals surface area (Å²) < 4.78 is 42.1. The molecule has 0 heterocycles. The zero-order valence-electron chi connectivity index (χ0n) is 14.8. The van der Waals surface area contributed by atoms with Crippen LogP contribution in [0.25, 0.3) is 0 Å². The lowest BCUT2D eigenvalue weighted by Gasteiger charge is -2.09. The summed E-state index contributed by atoms with van der Waals surface area (Å²) in [6.07, 6.45) is -4.47. The number of esters is 1. The summed E-state index contributed by atoms with van der Waals surface area (Å²) in [6, 6.07) is 10.5. The van der Waals surface area contributed by atoms with Gasteiger partial charge in [-0.1, -0.05) is 17.7 Å². The van der Waals surface area contributed by atoms with Crippen molar-refractivity contribution in [3.05, 3.63) is 65.2 Å². The van der Waals surface area contributed by atoms with E-state index in [1.807, 2.05) is 6.92 Å². The van der Waals surface area contributed by atoms with Crippen LogP contribution >= 0.6 is 0 Å². The molecule has 0 saturated heterocycles. The van der Waals surface area contributed by atoms with E-state index in [4.69, 9.17) is 4.74 Å². The fraction of sp³-hybridized carbons (Fsp3) is 0.211. The summed E-state index contributed by atoms with van der Waals surface area (Å²) in [6.45, 7) is 0.801. The molecule has 2 aromatic carbocycles. The molecule has 28 heavy (non-hydrogen) atoms. The van der Waals surface area contributed by atoms with Crippen LogP contribution in [-0.4, -0.2) is 30.9 Å². The molecule has 0 spiro atoms. The molecule has 0 bridgehead atoms. The van der Waals surface area contributed by atoms with Gasteiger partial charge >= 0.3 is 12.1 Å². The van der Waals surface area contributed by atoms with E-state index in [-0.39, 0.29) is 5.69 Å². The predicted molar refractivity (Wildman–Crippen MR) is 94.5 cm³/mol. The van der Waals surface area contributed by atoms with Gasteiger partial charge in [0.15, 0.2) is 6.61 Å². The van der Waals surface area contributed by atoms with E-state index in [0.717, 1.165) is 29.8 Å². The molecule has 148 valence electrons. The number of aryl methyl sites for hydroxylation is 1. The van der Waals surface area contributed by atoms with E-state index in [1.54, 1.807) is 24.3 Å². The van der Waals surface area contributed by atoms with Crippen molar-refractivity contribution in [1.29, 1.82) is 0 Å². The van der Waals surface area contributed by atoms with Crippen molar-refractivity contribution in [1.82, 2.24) is 5.32 Å². The van der Waals surface area contributed by atoms with Crippen LogP contribution in [0.3, 0.4) is 0 Å². The van der Waals surface area contributed by atoms with Crippen LogP contribution in [0.4, 0.5) is 18.9 Å². The highest BCUT2D eigenvalue weighted by Crippen LogP contribution is 2.29. The predicted octanol–water partition coefficient (Wildman–Crippen LogP) is 2.93. The summed E-state index contributed by atoms with van der Waals surface area (Å²) in [5.74, 6) is -2.02. The van der Waals surface area contributed by atoms with E-state index in [0.29, 0.717) is 5.56 Å². The smallest absolute Gasteiger partial charge is 0.416 e. The Morgan fingerprint density at radius 2 is 1.57 bits per heavy atom. The van der Waals surface area contributed by atoms with E-state index in [2.05, 4.69) is 10.6 Å². The van der Waals surface area contributed by atoms with Crippen LogP contribution in [0, 0.1) is 6.92 Å². The second-order valence-electron chi connectivity index (χ2n) is 5.83. The number of hydrogen-bond donors (Lipinski definition) is 2. The van der Waals surface area contributed by atoms with Gasteiger partial charge in [-0.15, -0.1) is 0 Å². The van der Waals surface area contributed by atoms with Gasteiger partial charge in [0.2, 0.25) is 0 Å². The highest BCUT2D eigenvalue weighted by molar-refractivity contribution is 5.96. The average Bonchev–Trinajstić information content (AvgIpc) is 2.64. The van der Waals surface area contributed by atoms with Gasteiger partial charge in [-0.25, -0.2) is 0 Å². The fourth-order valence-corrected chi connectivity index (χ4v) is 2.10. The lowest BCUT2D eigenvalue weighted by atomic mass is 10.1. The largest absolute Gasteiger partial charge is 0.454 e. The van der Waals surface area contributed by atoms with Crippen LogP contribution in [-0.2, 0) is 20.5 Å². The third-order valence-electron chi connectivity index (χ3n) is 3.57. The maximum absolute atomic E-state index is 12.5. The second-order valence-corrected chi connectivity index (χ2v) is 5.83. The molecule has 0 saturated carbocycles. The Morgan fingerprint density at radius 1 is 0.964 bits per heavy atom. The maximum Gasteiger partial charge on any atom is 0.416 e. The molecule has 0 aliphatic carbocycles. The minimum Gasteiger partial charge on any atom is -0.454 e. The van der Waals surface area contributed by atoms with Gasteiger partial charge in [0, 0.05) is 11.3 Å². The lowest BCUT2D eigenvalue weighted by Crippen LogP contribution is -2.32. The molecule has 2 amide bonds. The Balaban J connectivity index is 1.74.